The van der Waals surface area contributed by atoms with Crippen LogP contribution >= 0.6 is 23.8 Å². The van der Waals surface area contributed by atoms with E-state index in [9.17, 15) is 0 Å². The fraction of sp³-hybridized carbons (Fsp3) is 0.769. The maximum Gasteiger partial charge on any atom is 0.120 e. The second kappa shape index (κ2) is 7.14. The van der Waals surface area contributed by atoms with Crippen molar-refractivity contribution >= 4 is 28.7 Å². The summed E-state index contributed by atoms with van der Waals surface area (Å²) in [5.74, 6) is 0.782. The van der Waals surface area contributed by atoms with Crippen molar-refractivity contribution in [3.05, 3.63) is 10.6 Å². The highest BCUT2D eigenvalue weighted by Gasteiger charge is 2.14. The van der Waals surface area contributed by atoms with E-state index in [1.54, 1.807) is 0 Å². The Balaban J connectivity index is 1.79. The molecule has 0 spiro atoms. The normalized spacial score (nSPS) is 18.1. The lowest BCUT2D eigenvalue weighted by Crippen LogP contribution is -2.28. The molecule has 0 aliphatic heterocycles. The number of aryl methyl sites for hydroxylation is 1. The average molecular weight is 283 g/mol. The minimum atomic E-state index is 0.782. The van der Waals surface area contributed by atoms with Gasteiger partial charge in [0.2, 0.25) is 0 Å². The molecular formula is C13H21N3S2. The van der Waals surface area contributed by atoms with E-state index >= 15 is 0 Å². The van der Waals surface area contributed by atoms with E-state index in [0.717, 1.165) is 28.0 Å². The molecule has 0 bridgehead atoms. The number of nitrogens with zero attached hydrogens (tertiary/aromatic N) is 2. The molecule has 2 rings (SSSR count). The first kappa shape index (κ1) is 13.9. The van der Waals surface area contributed by atoms with Crippen LogP contribution in [0.3, 0.4) is 0 Å². The topological polar surface area (TPSA) is 37.8 Å². The zero-order valence-electron chi connectivity index (χ0n) is 10.9. The Morgan fingerprint density at radius 3 is 2.56 bits per heavy atom. The summed E-state index contributed by atoms with van der Waals surface area (Å²) in [7, 11) is 0. The summed E-state index contributed by atoms with van der Waals surface area (Å²) >= 11 is 6.80. The summed E-state index contributed by atoms with van der Waals surface area (Å²) in [4.78, 5) is 1.85. The van der Waals surface area contributed by atoms with Crippen LogP contribution in [-0.2, 0) is 0 Å². The van der Waals surface area contributed by atoms with Gasteiger partial charge in [-0.15, -0.1) is 5.10 Å². The molecule has 1 saturated carbocycles. The van der Waals surface area contributed by atoms with Crippen molar-refractivity contribution in [2.24, 2.45) is 5.92 Å². The minimum Gasteiger partial charge on any atom is -0.375 e. The van der Waals surface area contributed by atoms with Gasteiger partial charge in [-0.1, -0.05) is 48.8 Å². The lowest BCUT2D eigenvalue weighted by atomic mass is 9.91. The fourth-order valence-corrected chi connectivity index (χ4v) is 3.42. The second-order valence-corrected chi connectivity index (χ2v) is 6.27. The van der Waals surface area contributed by atoms with Gasteiger partial charge < -0.3 is 5.32 Å². The SMILES string of the molecule is Cc1nnsc1C(=S)NCC1CCCCCCC1. The Morgan fingerprint density at radius 1 is 1.28 bits per heavy atom. The molecule has 1 aromatic rings. The van der Waals surface area contributed by atoms with Crippen LogP contribution in [-0.4, -0.2) is 21.1 Å². The highest BCUT2D eigenvalue weighted by molar-refractivity contribution is 7.81. The van der Waals surface area contributed by atoms with Crippen LogP contribution in [0.5, 0.6) is 0 Å². The van der Waals surface area contributed by atoms with Gasteiger partial charge in [0.05, 0.1) is 5.69 Å². The van der Waals surface area contributed by atoms with Gasteiger partial charge in [-0.25, -0.2) is 0 Å². The van der Waals surface area contributed by atoms with Crippen molar-refractivity contribution in [2.75, 3.05) is 6.54 Å². The van der Waals surface area contributed by atoms with Gasteiger partial charge in [0.15, 0.2) is 0 Å². The minimum absolute atomic E-state index is 0.782. The molecule has 100 valence electrons. The van der Waals surface area contributed by atoms with Gasteiger partial charge in [-0.2, -0.15) is 0 Å². The third kappa shape index (κ3) is 3.99. The third-order valence-electron chi connectivity index (χ3n) is 3.63. The summed E-state index contributed by atoms with van der Waals surface area (Å²) < 4.78 is 3.93. The van der Waals surface area contributed by atoms with Crippen LogP contribution in [0.2, 0.25) is 0 Å². The fourth-order valence-electron chi connectivity index (χ4n) is 2.50. The molecule has 3 nitrogen and oxygen atoms in total. The molecule has 1 aliphatic rings. The van der Waals surface area contributed by atoms with Crippen LogP contribution in [0.15, 0.2) is 0 Å². The average Bonchev–Trinajstić information content (AvgIpc) is 2.74. The Bertz CT molecular complexity index is 381. The van der Waals surface area contributed by atoms with Gasteiger partial charge in [-0.05, 0) is 37.2 Å². The molecule has 0 atom stereocenters. The summed E-state index contributed by atoms with van der Waals surface area (Å²) in [5.41, 5.74) is 0.940. The smallest absolute Gasteiger partial charge is 0.120 e. The van der Waals surface area contributed by atoms with Crippen molar-refractivity contribution in [1.82, 2.24) is 14.9 Å². The number of aromatic nitrogens is 2. The summed E-state index contributed by atoms with van der Waals surface area (Å²) in [6, 6.07) is 0. The Labute approximate surface area is 119 Å². The summed E-state index contributed by atoms with van der Waals surface area (Å²) in [6.07, 6.45) is 9.66. The maximum atomic E-state index is 5.41. The largest absolute Gasteiger partial charge is 0.375 e. The molecule has 0 unspecified atom stereocenters. The molecule has 0 saturated heterocycles. The van der Waals surface area contributed by atoms with E-state index in [1.807, 2.05) is 6.92 Å². The molecule has 1 aliphatic carbocycles. The first-order valence-electron chi connectivity index (χ1n) is 6.84. The van der Waals surface area contributed by atoms with Crippen LogP contribution in [0.25, 0.3) is 0 Å². The monoisotopic (exact) mass is 283 g/mol. The molecule has 0 aromatic carbocycles. The molecule has 0 radical (unpaired) electrons. The lowest BCUT2D eigenvalue weighted by Gasteiger charge is -2.20. The van der Waals surface area contributed by atoms with Crippen LogP contribution in [0.4, 0.5) is 0 Å². The number of hydrogen-bond acceptors (Lipinski definition) is 4. The predicted molar refractivity (Wildman–Crippen MR) is 80.2 cm³/mol. The van der Waals surface area contributed by atoms with Gasteiger partial charge in [0.1, 0.15) is 9.87 Å². The van der Waals surface area contributed by atoms with Gasteiger partial charge in [-0.3, -0.25) is 0 Å². The van der Waals surface area contributed by atoms with Crippen LogP contribution in [0.1, 0.15) is 55.5 Å². The molecule has 1 N–H and O–H groups in total. The Kier molecular flexibility index (Phi) is 5.50. The van der Waals surface area contributed by atoms with E-state index in [1.165, 1.54) is 56.5 Å². The molecule has 1 fully saturated rings. The third-order valence-corrected chi connectivity index (χ3v) is 4.96. The van der Waals surface area contributed by atoms with Gasteiger partial charge in [0.25, 0.3) is 0 Å². The predicted octanol–water partition coefficient (Wildman–Crippen LogP) is 3.47. The van der Waals surface area contributed by atoms with Gasteiger partial charge in [0, 0.05) is 6.54 Å². The molecule has 18 heavy (non-hydrogen) atoms. The maximum absolute atomic E-state index is 5.41. The van der Waals surface area contributed by atoms with Gasteiger partial charge >= 0.3 is 0 Å². The summed E-state index contributed by atoms with van der Waals surface area (Å²) in [5, 5.41) is 7.41. The lowest BCUT2D eigenvalue weighted by molar-refractivity contribution is 0.376. The van der Waals surface area contributed by atoms with E-state index in [2.05, 4.69) is 14.9 Å². The van der Waals surface area contributed by atoms with E-state index in [-0.39, 0.29) is 0 Å². The van der Waals surface area contributed by atoms with Crippen molar-refractivity contribution < 1.29 is 0 Å². The van der Waals surface area contributed by atoms with E-state index in [0.29, 0.717) is 0 Å². The summed E-state index contributed by atoms with van der Waals surface area (Å²) in [6.45, 7) is 2.97. The van der Waals surface area contributed by atoms with Crippen molar-refractivity contribution in [3.63, 3.8) is 0 Å². The number of hydrogen-bond donors (Lipinski definition) is 1. The molecule has 0 amide bonds. The second-order valence-electron chi connectivity index (χ2n) is 5.11. The van der Waals surface area contributed by atoms with Crippen molar-refractivity contribution in [1.29, 1.82) is 0 Å². The van der Waals surface area contributed by atoms with Crippen LogP contribution in [0, 0.1) is 12.8 Å². The standard InChI is InChI=1S/C13H21N3S2/c1-10-12(18-16-15-10)13(17)14-9-11-7-5-3-2-4-6-8-11/h11H,2-9H2,1H3,(H,14,17). The molecule has 5 heteroatoms. The van der Waals surface area contributed by atoms with Crippen molar-refractivity contribution in [2.45, 2.75) is 51.9 Å². The van der Waals surface area contributed by atoms with Crippen molar-refractivity contribution in [3.8, 4) is 0 Å². The van der Waals surface area contributed by atoms with E-state index in [4.69, 9.17) is 12.2 Å². The highest BCUT2D eigenvalue weighted by Crippen LogP contribution is 2.21. The number of rotatable bonds is 3. The molecular weight excluding hydrogens is 262 g/mol. The Morgan fingerprint density at radius 2 is 1.94 bits per heavy atom. The Hall–Kier alpha value is -0.550. The molecule has 1 heterocycles. The van der Waals surface area contributed by atoms with E-state index < -0.39 is 0 Å². The first-order chi connectivity index (χ1) is 8.77. The highest BCUT2D eigenvalue weighted by atomic mass is 32.1. The first-order valence-corrected chi connectivity index (χ1v) is 8.02. The molecule has 1 aromatic heterocycles. The van der Waals surface area contributed by atoms with Crippen LogP contribution < -0.4 is 5.32 Å². The zero-order chi connectivity index (χ0) is 12.8. The quantitative estimate of drug-likeness (QED) is 0.862. The zero-order valence-corrected chi connectivity index (χ0v) is 12.6. The number of thiocarbonyl (C=S) groups is 1. The number of nitrogens with one attached hydrogen (secondary N) is 1.